The Morgan fingerprint density at radius 1 is 1.58 bits per heavy atom. The fourth-order valence-corrected chi connectivity index (χ4v) is 2.08. The van der Waals surface area contributed by atoms with Crippen molar-refractivity contribution in [3.05, 3.63) is 34.1 Å². The molecule has 0 saturated carbocycles. The summed E-state index contributed by atoms with van der Waals surface area (Å²) in [6.45, 7) is 0.878. The molecule has 1 fully saturated rings. The summed E-state index contributed by atoms with van der Waals surface area (Å²) < 4.78 is 13.5. The minimum atomic E-state index is -0.682. The second-order valence-electron chi connectivity index (χ2n) is 4.47. The Kier molecular flexibility index (Phi) is 4.06. The van der Waals surface area contributed by atoms with E-state index in [0.717, 1.165) is 37.6 Å². The van der Waals surface area contributed by atoms with E-state index in [1.807, 2.05) is 0 Å². The van der Waals surface area contributed by atoms with E-state index in [4.69, 9.17) is 0 Å². The number of rotatable bonds is 4. The van der Waals surface area contributed by atoms with Gasteiger partial charge in [0.15, 0.2) is 0 Å². The van der Waals surface area contributed by atoms with Crippen LogP contribution in [0.5, 0.6) is 0 Å². The van der Waals surface area contributed by atoms with Gasteiger partial charge < -0.3 is 10.6 Å². The van der Waals surface area contributed by atoms with E-state index in [1.165, 1.54) is 0 Å². The number of non-ortho nitro benzene ring substituents is 1. The van der Waals surface area contributed by atoms with Gasteiger partial charge in [-0.3, -0.25) is 14.9 Å². The lowest BCUT2D eigenvalue weighted by atomic mass is 10.1. The van der Waals surface area contributed by atoms with Gasteiger partial charge in [-0.25, -0.2) is 4.39 Å². The summed E-state index contributed by atoms with van der Waals surface area (Å²) in [5, 5.41) is 16.1. The molecular formula is C12H14FN3O3. The van der Waals surface area contributed by atoms with Crippen molar-refractivity contribution in [3.8, 4) is 0 Å². The van der Waals surface area contributed by atoms with Crippen molar-refractivity contribution in [1.82, 2.24) is 5.32 Å². The zero-order valence-corrected chi connectivity index (χ0v) is 10.2. The molecule has 1 atom stereocenters. The Hall–Kier alpha value is -2.02. The Morgan fingerprint density at radius 2 is 2.37 bits per heavy atom. The van der Waals surface area contributed by atoms with Gasteiger partial charge in [0.1, 0.15) is 5.82 Å². The monoisotopic (exact) mass is 267 g/mol. The first-order valence-electron chi connectivity index (χ1n) is 6.03. The predicted octanol–water partition coefficient (Wildman–Crippen LogP) is 1.81. The number of amides is 1. The van der Waals surface area contributed by atoms with Crippen molar-refractivity contribution in [2.45, 2.75) is 25.3 Å². The second kappa shape index (κ2) is 5.75. The highest BCUT2D eigenvalue weighted by Crippen LogP contribution is 2.21. The summed E-state index contributed by atoms with van der Waals surface area (Å²) in [7, 11) is 0. The van der Waals surface area contributed by atoms with Crippen LogP contribution in [-0.2, 0) is 4.79 Å². The van der Waals surface area contributed by atoms with Crippen molar-refractivity contribution >= 4 is 17.3 Å². The first-order chi connectivity index (χ1) is 9.06. The molecule has 1 amide bonds. The van der Waals surface area contributed by atoms with E-state index < -0.39 is 10.7 Å². The topological polar surface area (TPSA) is 84.3 Å². The van der Waals surface area contributed by atoms with Gasteiger partial charge in [-0.05, 0) is 25.5 Å². The van der Waals surface area contributed by atoms with E-state index in [-0.39, 0.29) is 29.7 Å². The molecule has 1 aliphatic heterocycles. The molecule has 1 heterocycles. The van der Waals surface area contributed by atoms with Gasteiger partial charge in [0.2, 0.25) is 5.91 Å². The zero-order valence-electron chi connectivity index (χ0n) is 10.2. The minimum Gasteiger partial charge on any atom is -0.323 e. The first-order valence-corrected chi connectivity index (χ1v) is 6.03. The maximum Gasteiger partial charge on any atom is 0.271 e. The second-order valence-corrected chi connectivity index (χ2v) is 4.47. The molecule has 1 aromatic carbocycles. The summed E-state index contributed by atoms with van der Waals surface area (Å²) >= 11 is 0. The smallest absolute Gasteiger partial charge is 0.271 e. The van der Waals surface area contributed by atoms with Gasteiger partial charge in [-0.15, -0.1) is 0 Å². The van der Waals surface area contributed by atoms with Crippen LogP contribution in [-0.4, -0.2) is 23.4 Å². The third kappa shape index (κ3) is 3.47. The van der Waals surface area contributed by atoms with Gasteiger partial charge in [0.05, 0.1) is 10.6 Å². The van der Waals surface area contributed by atoms with Gasteiger partial charge in [-0.2, -0.15) is 0 Å². The lowest BCUT2D eigenvalue weighted by Crippen LogP contribution is -2.27. The van der Waals surface area contributed by atoms with Crippen molar-refractivity contribution in [2.75, 3.05) is 11.9 Å². The standard InChI is InChI=1S/C12H14FN3O3/c13-10-4-3-9(16(18)19)7-11(10)15-12(17)6-8-2-1-5-14-8/h3-4,7-8,14H,1-2,5-6H2,(H,15,17). The van der Waals surface area contributed by atoms with E-state index in [1.54, 1.807) is 0 Å². The molecule has 1 unspecified atom stereocenters. The van der Waals surface area contributed by atoms with Crippen LogP contribution in [0, 0.1) is 15.9 Å². The Morgan fingerprint density at radius 3 is 3.00 bits per heavy atom. The maximum absolute atomic E-state index is 13.5. The number of hydrogen-bond donors (Lipinski definition) is 2. The first kappa shape index (κ1) is 13.4. The SMILES string of the molecule is O=C(CC1CCCN1)Nc1cc([N+](=O)[O-])ccc1F. The van der Waals surface area contributed by atoms with Gasteiger partial charge in [0, 0.05) is 24.6 Å². The average molecular weight is 267 g/mol. The third-order valence-electron chi connectivity index (χ3n) is 3.03. The number of nitrogens with one attached hydrogen (secondary N) is 2. The molecule has 0 spiro atoms. The van der Waals surface area contributed by atoms with E-state index >= 15 is 0 Å². The van der Waals surface area contributed by atoms with Crippen LogP contribution in [0.2, 0.25) is 0 Å². The number of nitro groups is 1. The van der Waals surface area contributed by atoms with Gasteiger partial charge >= 0.3 is 0 Å². The van der Waals surface area contributed by atoms with Crippen molar-refractivity contribution in [1.29, 1.82) is 0 Å². The molecule has 19 heavy (non-hydrogen) atoms. The molecule has 102 valence electrons. The molecule has 1 aromatic rings. The van der Waals surface area contributed by atoms with Gasteiger partial charge in [0.25, 0.3) is 5.69 Å². The van der Waals surface area contributed by atoms with Crippen LogP contribution in [0.25, 0.3) is 0 Å². The quantitative estimate of drug-likeness (QED) is 0.643. The van der Waals surface area contributed by atoms with Crippen LogP contribution in [0.1, 0.15) is 19.3 Å². The highest BCUT2D eigenvalue weighted by atomic mass is 19.1. The Balaban J connectivity index is 2.02. The molecule has 0 bridgehead atoms. The Labute approximate surface area is 109 Å². The number of carbonyl (C=O) groups is 1. The highest BCUT2D eigenvalue weighted by Gasteiger charge is 2.19. The fraction of sp³-hybridized carbons (Fsp3) is 0.417. The van der Waals surface area contributed by atoms with E-state index in [9.17, 15) is 19.3 Å². The molecule has 1 saturated heterocycles. The molecule has 7 heteroatoms. The molecule has 2 N–H and O–H groups in total. The minimum absolute atomic E-state index is 0.0989. The van der Waals surface area contributed by atoms with E-state index in [2.05, 4.69) is 10.6 Å². The largest absolute Gasteiger partial charge is 0.323 e. The van der Waals surface area contributed by atoms with Crippen LogP contribution >= 0.6 is 0 Å². The van der Waals surface area contributed by atoms with Gasteiger partial charge in [-0.1, -0.05) is 0 Å². The normalized spacial score (nSPS) is 18.3. The number of anilines is 1. The molecule has 6 nitrogen and oxygen atoms in total. The van der Waals surface area contributed by atoms with Crippen LogP contribution < -0.4 is 10.6 Å². The maximum atomic E-state index is 13.5. The summed E-state index contributed by atoms with van der Waals surface area (Å²) in [4.78, 5) is 21.7. The number of nitro benzene ring substituents is 1. The number of nitrogens with zero attached hydrogens (tertiary/aromatic N) is 1. The lowest BCUT2D eigenvalue weighted by Gasteiger charge is -2.10. The predicted molar refractivity (Wildman–Crippen MR) is 67.3 cm³/mol. The van der Waals surface area contributed by atoms with Crippen LogP contribution in [0.3, 0.4) is 0 Å². The average Bonchev–Trinajstić information content (AvgIpc) is 2.84. The molecular weight excluding hydrogens is 253 g/mol. The molecule has 0 aliphatic carbocycles. The Bertz CT molecular complexity index is 501. The van der Waals surface area contributed by atoms with Crippen molar-refractivity contribution in [3.63, 3.8) is 0 Å². The summed E-state index contributed by atoms with van der Waals surface area (Å²) in [6.07, 6.45) is 2.16. The zero-order chi connectivity index (χ0) is 13.8. The van der Waals surface area contributed by atoms with Crippen molar-refractivity contribution in [2.24, 2.45) is 0 Å². The summed E-state index contributed by atoms with van der Waals surface area (Å²) in [5.41, 5.74) is -0.409. The number of carbonyl (C=O) groups excluding carboxylic acids is 1. The van der Waals surface area contributed by atoms with Crippen molar-refractivity contribution < 1.29 is 14.1 Å². The molecule has 0 aromatic heterocycles. The molecule has 0 radical (unpaired) electrons. The number of hydrogen-bond acceptors (Lipinski definition) is 4. The lowest BCUT2D eigenvalue weighted by molar-refractivity contribution is -0.384. The molecule has 2 rings (SSSR count). The highest BCUT2D eigenvalue weighted by molar-refractivity contribution is 5.91. The summed E-state index contributed by atoms with van der Waals surface area (Å²) in [5.74, 6) is -1.03. The van der Waals surface area contributed by atoms with Crippen LogP contribution in [0.15, 0.2) is 18.2 Å². The third-order valence-corrected chi connectivity index (χ3v) is 3.03. The van der Waals surface area contributed by atoms with Crippen LogP contribution in [0.4, 0.5) is 15.8 Å². The number of benzene rings is 1. The number of halogens is 1. The molecule has 1 aliphatic rings. The van der Waals surface area contributed by atoms with E-state index in [0.29, 0.717) is 0 Å². The summed E-state index contributed by atoms with van der Waals surface area (Å²) in [6, 6.07) is 3.15. The fourth-order valence-electron chi connectivity index (χ4n) is 2.08.